The van der Waals surface area contributed by atoms with Gasteiger partial charge in [0.15, 0.2) is 6.61 Å². The molecule has 96 valence electrons. The molecule has 2 N–H and O–H groups in total. The van der Waals surface area contributed by atoms with E-state index in [0.717, 1.165) is 5.56 Å². The van der Waals surface area contributed by atoms with E-state index in [1.165, 1.54) is 0 Å². The molecule has 0 saturated carbocycles. The largest absolute Gasteiger partial charge is 0.483 e. The molecular formula is C13H15NO4. The number of amides is 1. The Labute approximate surface area is 105 Å². The second kappa shape index (κ2) is 7.11. The van der Waals surface area contributed by atoms with Gasteiger partial charge in [0.05, 0.1) is 0 Å². The van der Waals surface area contributed by atoms with E-state index in [9.17, 15) is 9.59 Å². The van der Waals surface area contributed by atoms with Gasteiger partial charge in [-0.15, -0.1) is 6.58 Å². The highest BCUT2D eigenvalue weighted by molar-refractivity contribution is 5.82. The quantitative estimate of drug-likeness (QED) is 0.707. The van der Waals surface area contributed by atoms with Gasteiger partial charge in [-0.05, 0) is 18.1 Å². The number of nitrogens with one attached hydrogen (secondary N) is 1. The van der Waals surface area contributed by atoms with E-state index >= 15 is 0 Å². The molecule has 5 heteroatoms. The van der Waals surface area contributed by atoms with Gasteiger partial charge in [0.1, 0.15) is 12.3 Å². The summed E-state index contributed by atoms with van der Waals surface area (Å²) in [4.78, 5) is 21.5. The molecule has 0 fully saturated rings. The minimum absolute atomic E-state index is 0.207. The molecular weight excluding hydrogens is 234 g/mol. The predicted octanol–water partition coefficient (Wildman–Crippen LogP) is 0.995. The summed E-state index contributed by atoms with van der Waals surface area (Å²) in [6.45, 7) is 3.03. The molecule has 0 bridgehead atoms. The molecule has 0 aliphatic rings. The first-order valence-corrected chi connectivity index (χ1v) is 5.43. The van der Waals surface area contributed by atoms with E-state index in [4.69, 9.17) is 9.84 Å². The molecule has 18 heavy (non-hydrogen) atoms. The van der Waals surface area contributed by atoms with Crippen LogP contribution in [0, 0.1) is 0 Å². The summed E-state index contributed by atoms with van der Waals surface area (Å²) in [5, 5.41) is 10.6. The zero-order valence-electron chi connectivity index (χ0n) is 9.89. The highest BCUT2D eigenvalue weighted by Crippen LogP contribution is 2.18. The summed E-state index contributed by atoms with van der Waals surface area (Å²) >= 11 is 0. The average Bonchev–Trinajstić information content (AvgIpc) is 2.35. The zero-order valence-corrected chi connectivity index (χ0v) is 9.89. The number of ether oxygens (including phenoxy) is 1. The number of hydrogen-bond acceptors (Lipinski definition) is 3. The van der Waals surface area contributed by atoms with Crippen molar-refractivity contribution in [3.8, 4) is 5.75 Å². The van der Waals surface area contributed by atoms with Gasteiger partial charge in [-0.1, -0.05) is 24.3 Å². The van der Waals surface area contributed by atoms with Gasteiger partial charge >= 0.3 is 5.97 Å². The van der Waals surface area contributed by atoms with Gasteiger partial charge in [-0.25, -0.2) is 0 Å². The molecule has 5 nitrogen and oxygen atoms in total. The first-order chi connectivity index (χ1) is 8.63. The summed E-state index contributed by atoms with van der Waals surface area (Å²) in [5.41, 5.74) is 0.929. The Bertz CT molecular complexity index is 442. The fourth-order valence-electron chi connectivity index (χ4n) is 1.34. The van der Waals surface area contributed by atoms with Crippen molar-refractivity contribution >= 4 is 11.9 Å². The maximum atomic E-state index is 11.3. The van der Waals surface area contributed by atoms with Crippen LogP contribution in [-0.4, -0.2) is 30.1 Å². The second-order valence-corrected chi connectivity index (χ2v) is 3.56. The van der Waals surface area contributed by atoms with Crippen molar-refractivity contribution in [1.29, 1.82) is 0 Å². The Morgan fingerprint density at radius 3 is 2.78 bits per heavy atom. The molecule has 0 unspecified atom stereocenters. The van der Waals surface area contributed by atoms with Crippen LogP contribution in [-0.2, 0) is 16.0 Å². The summed E-state index contributed by atoms with van der Waals surface area (Å²) in [6.07, 6.45) is 2.39. The van der Waals surface area contributed by atoms with Crippen molar-refractivity contribution in [3.05, 3.63) is 42.5 Å². The van der Waals surface area contributed by atoms with Gasteiger partial charge < -0.3 is 15.2 Å². The number of aliphatic carboxylic acids is 1. The van der Waals surface area contributed by atoms with E-state index < -0.39 is 18.4 Å². The Kier molecular flexibility index (Phi) is 5.44. The van der Waals surface area contributed by atoms with Crippen LogP contribution in [0.4, 0.5) is 0 Å². The second-order valence-electron chi connectivity index (χ2n) is 3.56. The van der Waals surface area contributed by atoms with E-state index in [1.54, 1.807) is 18.2 Å². The normalized spacial score (nSPS) is 9.56. The number of carbonyl (C=O) groups excluding carboxylic acids is 1. The molecule has 0 aromatic heterocycles. The fraction of sp³-hybridized carbons (Fsp3) is 0.231. The molecule has 0 aliphatic heterocycles. The minimum atomic E-state index is -1.09. The third-order valence-electron chi connectivity index (χ3n) is 2.13. The molecule has 1 amide bonds. The van der Waals surface area contributed by atoms with E-state index in [-0.39, 0.29) is 6.61 Å². The number of carboxylic acids is 1. The van der Waals surface area contributed by atoms with Gasteiger partial charge in [0, 0.05) is 0 Å². The molecule has 0 radical (unpaired) electrons. The molecule has 1 aromatic rings. The molecule has 1 aromatic carbocycles. The maximum Gasteiger partial charge on any atom is 0.322 e. The minimum Gasteiger partial charge on any atom is -0.483 e. The van der Waals surface area contributed by atoms with Crippen molar-refractivity contribution in [2.45, 2.75) is 6.42 Å². The lowest BCUT2D eigenvalue weighted by molar-refractivity contribution is -0.138. The molecule has 0 heterocycles. The molecule has 0 saturated heterocycles. The van der Waals surface area contributed by atoms with Crippen molar-refractivity contribution in [1.82, 2.24) is 5.32 Å². The SMILES string of the molecule is C=CCc1ccccc1OCC(=O)NCC(=O)O. The molecule has 0 spiro atoms. The smallest absolute Gasteiger partial charge is 0.322 e. The van der Waals surface area contributed by atoms with Crippen LogP contribution in [0.25, 0.3) is 0 Å². The lowest BCUT2D eigenvalue weighted by Gasteiger charge is -2.09. The Balaban J connectivity index is 2.49. The first kappa shape index (κ1) is 13.8. The number of carboxylic acid groups (broad SMARTS) is 1. The van der Waals surface area contributed by atoms with Gasteiger partial charge in [-0.3, -0.25) is 9.59 Å². The Morgan fingerprint density at radius 2 is 2.11 bits per heavy atom. The highest BCUT2D eigenvalue weighted by atomic mass is 16.5. The Morgan fingerprint density at radius 1 is 1.39 bits per heavy atom. The van der Waals surface area contributed by atoms with Crippen LogP contribution in [0.5, 0.6) is 5.75 Å². The predicted molar refractivity (Wildman–Crippen MR) is 66.5 cm³/mol. The number of allylic oxidation sites excluding steroid dienone is 1. The molecule has 0 aliphatic carbocycles. The maximum absolute atomic E-state index is 11.3. The van der Waals surface area contributed by atoms with Crippen molar-refractivity contribution in [2.24, 2.45) is 0 Å². The van der Waals surface area contributed by atoms with Crippen molar-refractivity contribution < 1.29 is 19.4 Å². The lowest BCUT2D eigenvalue weighted by atomic mass is 10.1. The third-order valence-corrected chi connectivity index (χ3v) is 2.13. The van der Waals surface area contributed by atoms with Gasteiger partial charge in [0.25, 0.3) is 5.91 Å². The summed E-state index contributed by atoms with van der Waals surface area (Å²) in [5.74, 6) is -0.955. The van der Waals surface area contributed by atoms with Crippen LogP contribution in [0.1, 0.15) is 5.56 Å². The number of carbonyl (C=O) groups is 2. The number of hydrogen-bond donors (Lipinski definition) is 2. The number of benzene rings is 1. The van der Waals surface area contributed by atoms with Crippen LogP contribution < -0.4 is 10.1 Å². The van der Waals surface area contributed by atoms with Crippen LogP contribution in [0.15, 0.2) is 36.9 Å². The average molecular weight is 249 g/mol. The molecule has 1 rings (SSSR count). The lowest BCUT2D eigenvalue weighted by Crippen LogP contribution is -2.33. The number of para-hydroxylation sites is 1. The van der Waals surface area contributed by atoms with E-state index in [0.29, 0.717) is 12.2 Å². The zero-order chi connectivity index (χ0) is 13.4. The summed E-state index contributed by atoms with van der Waals surface area (Å²) in [7, 11) is 0. The van der Waals surface area contributed by atoms with Crippen LogP contribution in [0.3, 0.4) is 0 Å². The van der Waals surface area contributed by atoms with Gasteiger partial charge in [-0.2, -0.15) is 0 Å². The Hall–Kier alpha value is -2.30. The standard InChI is InChI=1S/C13H15NO4/c1-2-5-10-6-3-4-7-11(10)18-9-12(15)14-8-13(16)17/h2-4,6-7H,1,5,8-9H2,(H,14,15)(H,16,17). The topological polar surface area (TPSA) is 75.6 Å². The first-order valence-electron chi connectivity index (χ1n) is 5.43. The monoisotopic (exact) mass is 249 g/mol. The van der Waals surface area contributed by atoms with Crippen molar-refractivity contribution in [2.75, 3.05) is 13.2 Å². The van der Waals surface area contributed by atoms with E-state index in [2.05, 4.69) is 11.9 Å². The summed E-state index contributed by atoms with van der Waals surface area (Å²) in [6, 6.07) is 7.31. The third kappa shape index (κ3) is 4.69. The highest BCUT2D eigenvalue weighted by Gasteiger charge is 2.06. The fourth-order valence-corrected chi connectivity index (χ4v) is 1.34. The van der Waals surface area contributed by atoms with Crippen molar-refractivity contribution in [3.63, 3.8) is 0 Å². The van der Waals surface area contributed by atoms with Crippen LogP contribution in [0.2, 0.25) is 0 Å². The van der Waals surface area contributed by atoms with E-state index in [1.807, 2.05) is 12.1 Å². The number of rotatable bonds is 7. The summed E-state index contributed by atoms with van der Waals surface area (Å²) < 4.78 is 5.33. The van der Waals surface area contributed by atoms with Crippen LogP contribution >= 0.6 is 0 Å². The van der Waals surface area contributed by atoms with Gasteiger partial charge in [0.2, 0.25) is 0 Å². The molecule has 0 atom stereocenters.